The molecule has 1 amide bonds. The normalized spacial score (nSPS) is 11.0. The second-order valence-electron chi connectivity index (χ2n) is 5.72. The molecule has 0 aliphatic heterocycles. The van der Waals surface area contributed by atoms with Crippen LogP contribution in [-0.2, 0) is 4.79 Å². The second kappa shape index (κ2) is 8.09. The van der Waals surface area contributed by atoms with Crippen LogP contribution in [0.1, 0.15) is 11.1 Å². The van der Waals surface area contributed by atoms with E-state index in [1.807, 2.05) is 25.1 Å². The van der Waals surface area contributed by atoms with Crippen molar-refractivity contribution in [1.29, 1.82) is 0 Å². The van der Waals surface area contributed by atoms with Gasteiger partial charge in [-0.2, -0.15) is 0 Å². The predicted molar refractivity (Wildman–Crippen MR) is 108 cm³/mol. The highest BCUT2D eigenvalue weighted by Gasteiger charge is 2.12. The van der Waals surface area contributed by atoms with Crippen LogP contribution in [0.2, 0.25) is 0 Å². The van der Waals surface area contributed by atoms with E-state index in [0.717, 1.165) is 21.3 Å². The quantitative estimate of drug-likeness (QED) is 0.642. The Labute approximate surface area is 161 Å². The summed E-state index contributed by atoms with van der Waals surface area (Å²) in [6.07, 6.45) is 3.12. The summed E-state index contributed by atoms with van der Waals surface area (Å²) in [5.41, 5.74) is 2.74. The fraction of sp³-hybridized carbons (Fsp3) is 0.200. The first-order valence-electron chi connectivity index (χ1n) is 8.21. The van der Waals surface area contributed by atoms with E-state index in [-0.39, 0.29) is 5.91 Å². The first kappa shape index (κ1) is 18.7. The number of benzene rings is 2. The van der Waals surface area contributed by atoms with Crippen LogP contribution in [0.3, 0.4) is 0 Å². The van der Waals surface area contributed by atoms with Gasteiger partial charge in [0.05, 0.1) is 31.5 Å². The lowest BCUT2D eigenvalue weighted by molar-refractivity contribution is -0.111. The van der Waals surface area contributed by atoms with E-state index in [9.17, 15) is 4.79 Å². The molecule has 0 radical (unpaired) electrons. The molecule has 0 spiro atoms. The summed E-state index contributed by atoms with van der Waals surface area (Å²) in [7, 11) is 4.64. The molecule has 2 aromatic carbocycles. The van der Waals surface area contributed by atoms with Gasteiger partial charge in [-0.25, -0.2) is 4.98 Å². The maximum absolute atomic E-state index is 12.3. The zero-order chi connectivity index (χ0) is 19.4. The van der Waals surface area contributed by atoms with E-state index in [0.29, 0.717) is 22.4 Å². The molecule has 3 rings (SSSR count). The Morgan fingerprint density at radius 1 is 1.11 bits per heavy atom. The average molecular weight is 384 g/mol. The standard InChI is InChI=1S/C20H20N2O4S/c1-12-6-5-7-16-18(12)22-20(27-16)21-17(23)9-8-13-10-14(24-2)19(26-4)15(11-13)25-3/h5-11H,1-4H3,(H,21,22,23)/b9-8+. The Bertz CT molecular complexity index is 985. The summed E-state index contributed by atoms with van der Waals surface area (Å²) in [6, 6.07) is 9.50. The van der Waals surface area contributed by atoms with Gasteiger partial charge in [0.1, 0.15) is 0 Å². The van der Waals surface area contributed by atoms with Crippen molar-refractivity contribution in [3.05, 3.63) is 47.5 Å². The van der Waals surface area contributed by atoms with Crippen molar-refractivity contribution >= 4 is 38.7 Å². The molecule has 1 aromatic heterocycles. The number of amides is 1. The van der Waals surface area contributed by atoms with E-state index in [1.165, 1.54) is 17.4 Å². The van der Waals surface area contributed by atoms with Crippen LogP contribution in [0.15, 0.2) is 36.4 Å². The number of thiazole rings is 1. The van der Waals surface area contributed by atoms with Crippen LogP contribution in [-0.4, -0.2) is 32.2 Å². The van der Waals surface area contributed by atoms with Crippen molar-refractivity contribution < 1.29 is 19.0 Å². The van der Waals surface area contributed by atoms with E-state index >= 15 is 0 Å². The number of aromatic nitrogens is 1. The Morgan fingerprint density at radius 2 is 1.81 bits per heavy atom. The van der Waals surface area contributed by atoms with E-state index in [1.54, 1.807) is 39.5 Å². The Kier molecular flexibility index (Phi) is 5.61. The van der Waals surface area contributed by atoms with Crippen molar-refractivity contribution in [1.82, 2.24) is 4.98 Å². The molecule has 27 heavy (non-hydrogen) atoms. The van der Waals surface area contributed by atoms with Crippen molar-refractivity contribution in [2.45, 2.75) is 6.92 Å². The van der Waals surface area contributed by atoms with Crippen LogP contribution in [0.5, 0.6) is 17.2 Å². The molecule has 0 aliphatic carbocycles. The topological polar surface area (TPSA) is 69.7 Å². The Hall–Kier alpha value is -3.06. The van der Waals surface area contributed by atoms with Gasteiger partial charge in [-0.1, -0.05) is 23.5 Å². The molecule has 0 saturated heterocycles. The lowest BCUT2D eigenvalue weighted by Gasteiger charge is -2.12. The van der Waals surface area contributed by atoms with E-state index < -0.39 is 0 Å². The third kappa shape index (κ3) is 4.03. The molecule has 7 heteroatoms. The smallest absolute Gasteiger partial charge is 0.250 e. The molecule has 3 aromatic rings. The number of para-hydroxylation sites is 1. The molecule has 0 saturated carbocycles. The van der Waals surface area contributed by atoms with Crippen LogP contribution in [0.4, 0.5) is 5.13 Å². The number of hydrogen-bond donors (Lipinski definition) is 1. The molecule has 6 nitrogen and oxygen atoms in total. The predicted octanol–water partition coefficient (Wildman–Crippen LogP) is 4.28. The van der Waals surface area contributed by atoms with Crippen LogP contribution < -0.4 is 19.5 Å². The molecular formula is C20H20N2O4S. The van der Waals surface area contributed by atoms with Crippen molar-refractivity contribution in [3.8, 4) is 17.2 Å². The molecular weight excluding hydrogens is 364 g/mol. The number of anilines is 1. The number of aryl methyl sites for hydroxylation is 1. The largest absolute Gasteiger partial charge is 0.493 e. The van der Waals surface area contributed by atoms with Gasteiger partial charge in [-0.05, 0) is 42.3 Å². The van der Waals surface area contributed by atoms with E-state index in [2.05, 4.69) is 10.3 Å². The number of nitrogens with zero attached hydrogens (tertiary/aromatic N) is 1. The molecule has 0 unspecified atom stereocenters. The van der Waals surface area contributed by atoms with E-state index in [4.69, 9.17) is 14.2 Å². The lowest BCUT2D eigenvalue weighted by Crippen LogP contribution is -2.07. The van der Waals surface area contributed by atoms with Crippen molar-refractivity contribution in [2.75, 3.05) is 26.6 Å². The maximum Gasteiger partial charge on any atom is 0.250 e. The molecule has 0 atom stereocenters. The molecule has 0 aliphatic rings. The van der Waals surface area contributed by atoms with Crippen LogP contribution >= 0.6 is 11.3 Å². The average Bonchev–Trinajstić information content (AvgIpc) is 3.09. The summed E-state index contributed by atoms with van der Waals surface area (Å²) in [6.45, 7) is 2.00. The maximum atomic E-state index is 12.3. The molecule has 0 fully saturated rings. The molecule has 1 N–H and O–H groups in total. The highest BCUT2D eigenvalue weighted by Crippen LogP contribution is 2.38. The van der Waals surface area contributed by atoms with Gasteiger partial charge in [-0.3, -0.25) is 10.1 Å². The monoisotopic (exact) mass is 384 g/mol. The van der Waals surface area contributed by atoms with Gasteiger partial charge in [0.15, 0.2) is 16.6 Å². The van der Waals surface area contributed by atoms with Crippen LogP contribution in [0, 0.1) is 6.92 Å². The highest BCUT2D eigenvalue weighted by molar-refractivity contribution is 7.22. The van der Waals surface area contributed by atoms with Crippen molar-refractivity contribution in [2.24, 2.45) is 0 Å². The number of fused-ring (bicyclic) bond motifs is 1. The summed E-state index contributed by atoms with van der Waals surface area (Å²) in [5.74, 6) is 1.30. The van der Waals surface area contributed by atoms with Crippen LogP contribution in [0.25, 0.3) is 16.3 Å². The summed E-state index contributed by atoms with van der Waals surface area (Å²) < 4.78 is 17.0. The number of carbonyl (C=O) groups excluding carboxylic acids is 1. The minimum Gasteiger partial charge on any atom is -0.493 e. The molecule has 1 heterocycles. The zero-order valence-electron chi connectivity index (χ0n) is 15.5. The van der Waals surface area contributed by atoms with Gasteiger partial charge in [0, 0.05) is 6.08 Å². The Morgan fingerprint density at radius 3 is 2.41 bits per heavy atom. The van der Waals surface area contributed by atoms with Gasteiger partial charge >= 0.3 is 0 Å². The van der Waals surface area contributed by atoms with Crippen molar-refractivity contribution in [3.63, 3.8) is 0 Å². The first-order chi connectivity index (χ1) is 13.0. The third-order valence-corrected chi connectivity index (χ3v) is 4.90. The molecule has 140 valence electrons. The number of nitrogens with one attached hydrogen (secondary N) is 1. The minimum absolute atomic E-state index is 0.263. The fourth-order valence-electron chi connectivity index (χ4n) is 2.66. The van der Waals surface area contributed by atoms with Gasteiger partial charge < -0.3 is 14.2 Å². The Balaban J connectivity index is 1.78. The lowest BCUT2D eigenvalue weighted by atomic mass is 10.1. The zero-order valence-corrected chi connectivity index (χ0v) is 16.3. The second-order valence-corrected chi connectivity index (χ2v) is 6.75. The summed E-state index contributed by atoms with van der Waals surface area (Å²) in [4.78, 5) is 16.7. The highest BCUT2D eigenvalue weighted by atomic mass is 32.1. The number of methoxy groups -OCH3 is 3. The van der Waals surface area contributed by atoms with Gasteiger partial charge in [0.25, 0.3) is 0 Å². The SMILES string of the molecule is COc1cc(/C=C/C(=O)Nc2nc3c(C)cccc3s2)cc(OC)c1OC. The minimum atomic E-state index is -0.263. The van der Waals surface area contributed by atoms with Gasteiger partial charge in [-0.15, -0.1) is 0 Å². The number of hydrogen-bond acceptors (Lipinski definition) is 6. The number of carbonyl (C=O) groups is 1. The summed E-state index contributed by atoms with van der Waals surface area (Å²) >= 11 is 1.45. The third-order valence-electron chi connectivity index (χ3n) is 3.97. The molecule has 0 bridgehead atoms. The number of rotatable bonds is 6. The number of ether oxygens (including phenoxy) is 3. The fourth-order valence-corrected chi connectivity index (χ4v) is 3.60. The first-order valence-corrected chi connectivity index (χ1v) is 9.02. The summed E-state index contributed by atoms with van der Waals surface area (Å²) in [5, 5.41) is 3.37. The van der Waals surface area contributed by atoms with Gasteiger partial charge in [0.2, 0.25) is 11.7 Å².